The predicted octanol–water partition coefficient (Wildman–Crippen LogP) is -0.461. The van der Waals surface area contributed by atoms with Crippen LogP contribution in [-0.4, -0.2) is 11.8 Å². The minimum absolute atomic E-state index is 0.0874. The first kappa shape index (κ1) is 8.17. The molecule has 0 aliphatic heterocycles. The molecule has 1 heterocycles. The highest BCUT2D eigenvalue weighted by atomic mass is 16.1. The molecule has 0 bridgehead atoms. The van der Waals surface area contributed by atoms with Crippen LogP contribution in [0.3, 0.4) is 0 Å². The summed E-state index contributed by atoms with van der Waals surface area (Å²) in [7, 11) is 0. The van der Waals surface area contributed by atoms with Crippen molar-refractivity contribution in [3.63, 3.8) is 0 Å². The third-order valence-corrected chi connectivity index (χ3v) is 1.31. The molecule has 0 atom stereocenters. The van der Waals surface area contributed by atoms with Crippen molar-refractivity contribution in [3.8, 4) is 0 Å². The van der Waals surface area contributed by atoms with Gasteiger partial charge in [-0.1, -0.05) is 6.07 Å². The second-order valence-electron chi connectivity index (χ2n) is 2.11. The van der Waals surface area contributed by atoms with Gasteiger partial charge in [0.1, 0.15) is 0 Å². The Balaban J connectivity index is 3.14. The van der Waals surface area contributed by atoms with Crippen molar-refractivity contribution in [2.75, 3.05) is 0 Å². The van der Waals surface area contributed by atoms with E-state index in [1.165, 1.54) is 4.57 Å². The largest absolute Gasteiger partial charge is 0.757 e. The highest BCUT2D eigenvalue weighted by molar-refractivity contribution is 6.18. The molecular weight excluding hydrogens is 154 g/mol. The number of primary amides is 1. The quantitative estimate of drug-likeness (QED) is 0.356. The van der Waals surface area contributed by atoms with E-state index in [2.05, 4.69) is 0 Å². The Morgan fingerprint density at radius 2 is 1.92 bits per heavy atom. The van der Waals surface area contributed by atoms with Crippen molar-refractivity contribution in [2.24, 2.45) is 5.73 Å². The van der Waals surface area contributed by atoms with E-state index < -0.39 is 5.91 Å². The number of hydrogen-bond acceptors (Lipinski definition) is 1. The van der Waals surface area contributed by atoms with Crippen LogP contribution in [-0.2, 0) is 4.79 Å². The van der Waals surface area contributed by atoms with Crippen molar-refractivity contribution in [1.82, 2.24) is 0 Å². The van der Waals surface area contributed by atoms with Gasteiger partial charge in [-0.2, -0.15) is 10.4 Å². The number of amides is 1. The average Bonchev–Trinajstić information content (AvgIpc) is 2.07. The molecule has 2 N–H and O–H groups in total. The Bertz CT molecular complexity index is 339. The molecule has 1 aromatic heterocycles. The summed E-state index contributed by atoms with van der Waals surface area (Å²) in [6.07, 6.45) is 3.17. The van der Waals surface area contributed by atoms with Gasteiger partial charge in [-0.15, -0.1) is 0 Å². The van der Waals surface area contributed by atoms with E-state index in [9.17, 15) is 4.79 Å². The van der Waals surface area contributed by atoms with Gasteiger partial charge in [0.05, 0.1) is 0 Å². The summed E-state index contributed by atoms with van der Waals surface area (Å²) in [4.78, 5) is 10.7. The molecule has 4 heteroatoms. The van der Waals surface area contributed by atoms with Gasteiger partial charge in [0.25, 0.3) is 5.70 Å². The molecule has 0 aliphatic rings. The highest BCUT2D eigenvalue weighted by Crippen LogP contribution is 1.85. The zero-order chi connectivity index (χ0) is 8.97. The third kappa shape index (κ3) is 1.56. The van der Waals surface area contributed by atoms with E-state index in [0.717, 1.165) is 0 Å². The molecule has 4 nitrogen and oxygen atoms in total. The van der Waals surface area contributed by atoms with Crippen LogP contribution in [0.15, 0.2) is 30.6 Å². The SMILES string of the molecule is [N-]=C=C(C(N)=O)[n+]1ccccc1. The van der Waals surface area contributed by atoms with Gasteiger partial charge in [0.15, 0.2) is 12.4 Å². The first-order chi connectivity index (χ1) is 5.75. The Hall–Kier alpha value is -1.93. The van der Waals surface area contributed by atoms with Crippen LogP contribution in [0.1, 0.15) is 0 Å². The maximum Gasteiger partial charge on any atom is 0.320 e. The monoisotopic (exact) mass is 161 g/mol. The minimum atomic E-state index is -0.728. The summed E-state index contributed by atoms with van der Waals surface area (Å²) in [5.74, 6) is 0.995. The standard InChI is InChI=1S/C8H7N3O/c9-6-7(8(10)12)11-4-2-1-3-5-11/h1-5H,(H2,10,12). The van der Waals surface area contributed by atoms with E-state index in [-0.39, 0.29) is 5.70 Å². The fourth-order valence-electron chi connectivity index (χ4n) is 0.788. The third-order valence-electron chi connectivity index (χ3n) is 1.31. The number of hydrogen-bond donors (Lipinski definition) is 1. The molecule has 60 valence electrons. The lowest BCUT2D eigenvalue weighted by Crippen LogP contribution is -2.38. The normalized spacial score (nSPS) is 8.67. The molecule has 0 unspecified atom stereocenters. The Morgan fingerprint density at radius 1 is 1.33 bits per heavy atom. The summed E-state index contributed by atoms with van der Waals surface area (Å²) in [5.41, 5.74) is 4.87. The predicted molar refractivity (Wildman–Crippen MR) is 43.9 cm³/mol. The van der Waals surface area contributed by atoms with Gasteiger partial charge in [0, 0.05) is 12.1 Å². The van der Waals surface area contributed by atoms with Crippen LogP contribution in [0, 0.1) is 0 Å². The van der Waals surface area contributed by atoms with Crippen molar-refractivity contribution < 1.29 is 9.36 Å². The smallest absolute Gasteiger partial charge is 0.320 e. The van der Waals surface area contributed by atoms with Crippen LogP contribution in [0.5, 0.6) is 0 Å². The van der Waals surface area contributed by atoms with Gasteiger partial charge < -0.3 is 11.1 Å². The molecule has 0 aromatic carbocycles. The van der Waals surface area contributed by atoms with Crippen molar-refractivity contribution >= 4 is 17.5 Å². The number of aromatic nitrogens is 1. The number of nitrogens with zero attached hydrogens (tertiary/aromatic N) is 2. The minimum Gasteiger partial charge on any atom is -0.757 e. The Labute approximate surface area is 69.5 Å². The van der Waals surface area contributed by atoms with E-state index in [1.54, 1.807) is 36.5 Å². The van der Waals surface area contributed by atoms with Crippen LogP contribution in [0.25, 0.3) is 11.1 Å². The van der Waals surface area contributed by atoms with Crippen LogP contribution >= 0.6 is 0 Å². The van der Waals surface area contributed by atoms with E-state index in [4.69, 9.17) is 11.1 Å². The van der Waals surface area contributed by atoms with Crippen LogP contribution in [0.2, 0.25) is 0 Å². The lowest BCUT2D eigenvalue weighted by molar-refractivity contribution is -0.575. The maximum absolute atomic E-state index is 10.7. The van der Waals surface area contributed by atoms with E-state index in [1.807, 2.05) is 0 Å². The second kappa shape index (κ2) is 3.46. The van der Waals surface area contributed by atoms with E-state index >= 15 is 0 Å². The van der Waals surface area contributed by atoms with Crippen molar-refractivity contribution in [3.05, 3.63) is 36.0 Å². The second-order valence-corrected chi connectivity index (χ2v) is 2.11. The number of carbonyl (C=O) groups excluding carboxylic acids is 1. The van der Waals surface area contributed by atoms with Crippen LogP contribution in [0.4, 0.5) is 0 Å². The first-order valence-corrected chi connectivity index (χ1v) is 3.29. The molecule has 0 aliphatic carbocycles. The fraction of sp³-hybridized carbons (Fsp3) is 0. The molecule has 1 amide bonds. The van der Waals surface area contributed by atoms with Crippen LogP contribution < -0.4 is 10.3 Å². The Morgan fingerprint density at radius 3 is 2.33 bits per heavy atom. The molecule has 0 saturated heterocycles. The molecule has 0 radical (unpaired) electrons. The fourth-order valence-corrected chi connectivity index (χ4v) is 0.788. The number of carbonyl (C=O) groups is 1. The van der Waals surface area contributed by atoms with Crippen molar-refractivity contribution in [2.45, 2.75) is 0 Å². The summed E-state index contributed by atoms with van der Waals surface area (Å²) in [6.45, 7) is 0. The molecular formula is C8H7N3O. The van der Waals surface area contributed by atoms with Crippen molar-refractivity contribution in [1.29, 1.82) is 0 Å². The van der Waals surface area contributed by atoms with E-state index in [0.29, 0.717) is 0 Å². The molecule has 1 rings (SSSR count). The summed E-state index contributed by atoms with van der Waals surface area (Å²) in [5, 5.41) is 8.54. The lowest BCUT2D eigenvalue weighted by Gasteiger charge is -1.93. The summed E-state index contributed by atoms with van der Waals surface area (Å²) in [6, 6.07) is 5.20. The number of nitrogens with two attached hydrogens (primary N) is 1. The van der Waals surface area contributed by atoms with Gasteiger partial charge in [-0.05, 0) is 0 Å². The van der Waals surface area contributed by atoms with Gasteiger partial charge in [0.2, 0.25) is 0 Å². The topological polar surface area (TPSA) is 69.3 Å². The average molecular weight is 161 g/mol. The maximum atomic E-state index is 10.7. The van der Waals surface area contributed by atoms with Gasteiger partial charge >= 0.3 is 5.91 Å². The zero-order valence-corrected chi connectivity index (χ0v) is 6.27. The zero-order valence-electron chi connectivity index (χ0n) is 6.27. The molecule has 0 fully saturated rings. The highest BCUT2D eigenvalue weighted by Gasteiger charge is 2.12. The summed E-state index contributed by atoms with van der Waals surface area (Å²) >= 11 is 0. The molecule has 1 aromatic rings. The number of pyridine rings is 1. The molecule has 0 spiro atoms. The summed E-state index contributed by atoms with van der Waals surface area (Å²) < 4.78 is 1.38. The van der Waals surface area contributed by atoms with Gasteiger partial charge in [-0.25, -0.2) is 0 Å². The van der Waals surface area contributed by atoms with Gasteiger partial charge in [-0.3, -0.25) is 4.79 Å². The molecule has 12 heavy (non-hydrogen) atoms. The number of rotatable bonds is 2. The lowest BCUT2D eigenvalue weighted by atomic mass is 10.4. The Kier molecular flexibility index (Phi) is 2.35. The molecule has 0 saturated carbocycles. The first-order valence-electron chi connectivity index (χ1n) is 3.29.